The summed E-state index contributed by atoms with van der Waals surface area (Å²) in [6.07, 6.45) is 3.23. The van der Waals surface area contributed by atoms with Crippen molar-refractivity contribution in [1.29, 1.82) is 0 Å². The first kappa shape index (κ1) is 14.7. The Morgan fingerprint density at radius 1 is 1.35 bits per heavy atom. The van der Waals surface area contributed by atoms with Crippen LogP contribution in [0.25, 0.3) is 10.9 Å². The van der Waals surface area contributed by atoms with Crippen LogP contribution in [-0.2, 0) is 0 Å². The second-order valence-electron chi connectivity index (χ2n) is 5.16. The molecule has 2 rings (SSSR count). The summed E-state index contributed by atoms with van der Waals surface area (Å²) in [6, 6.07) is 4.68. The predicted molar refractivity (Wildman–Crippen MR) is 78.1 cm³/mol. The van der Waals surface area contributed by atoms with Crippen molar-refractivity contribution in [3.8, 4) is 0 Å². The summed E-state index contributed by atoms with van der Waals surface area (Å²) in [7, 11) is 0. The van der Waals surface area contributed by atoms with Crippen LogP contribution >= 0.6 is 0 Å². The minimum Gasteiger partial charge on any atom is -0.396 e. The number of aliphatic hydroxyl groups excluding tert-OH is 1. The lowest BCUT2D eigenvalue weighted by molar-refractivity contribution is 0.224. The Hall–Kier alpha value is -1.75. The van der Waals surface area contributed by atoms with Gasteiger partial charge in [-0.2, -0.15) is 0 Å². The largest absolute Gasteiger partial charge is 0.396 e. The Kier molecular flexibility index (Phi) is 4.84. The number of hydrogen-bond donors (Lipinski definition) is 2. The molecule has 2 aromatic rings. The Labute approximate surface area is 118 Å². The average Bonchev–Trinajstić information content (AvgIpc) is 2.46. The van der Waals surface area contributed by atoms with Gasteiger partial charge in [0.25, 0.3) is 0 Å². The highest BCUT2D eigenvalue weighted by Gasteiger charge is 2.13. The molecule has 108 valence electrons. The van der Waals surface area contributed by atoms with Gasteiger partial charge in [-0.05, 0) is 37.0 Å². The molecule has 0 unspecified atom stereocenters. The molecule has 0 aliphatic heterocycles. The van der Waals surface area contributed by atoms with Gasteiger partial charge in [0, 0.05) is 18.0 Å². The summed E-state index contributed by atoms with van der Waals surface area (Å²) in [4.78, 5) is 8.35. The summed E-state index contributed by atoms with van der Waals surface area (Å²) >= 11 is 0. The maximum absolute atomic E-state index is 13.4. The van der Waals surface area contributed by atoms with Crippen molar-refractivity contribution in [2.75, 3.05) is 11.9 Å². The molecular weight excluding hydrogens is 257 g/mol. The van der Waals surface area contributed by atoms with E-state index in [0.717, 1.165) is 12.8 Å². The summed E-state index contributed by atoms with van der Waals surface area (Å²) in [5.41, 5.74) is 0.717. The Bertz CT molecular complexity index is 576. The number of nitrogens with one attached hydrogen (secondary N) is 1. The van der Waals surface area contributed by atoms with Gasteiger partial charge in [0.2, 0.25) is 0 Å². The van der Waals surface area contributed by atoms with E-state index in [0.29, 0.717) is 16.7 Å². The molecule has 0 saturated heterocycles. The molecule has 0 bridgehead atoms. The topological polar surface area (TPSA) is 58.0 Å². The van der Waals surface area contributed by atoms with Crippen molar-refractivity contribution < 1.29 is 9.50 Å². The fourth-order valence-corrected chi connectivity index (χ4v) is 2.23. The van der Waals surface area contributed by atoms with Gasteiger partial charge in [-0.1, -0.05) is 13.8 Å². The summed E-state index contributed by atoms with van der Waals surface area (Å²) < 4.78 is 13.4. The summed E-state index contributed by atoms with van der Waals surface area (Å²) in [6.45, 7) is 4.24. The molecule has 0 spiro atoms. The normalized spacial score (nSPS) is 14.2. The van der Waals surface area contributed by atoms with Gasteiger partial charge in [0.1, 0.15) is 18.0 Å². The van der Waals surface area contributed by atoms with E-state index in [9.17, 15) is 4.39 Å². The first-order valence-corrected chi connectivity index (χ1v) is 6.91. The highest BCUT2D eigenvalue weighted by molar-refractivity contribution is 5.88. The molecule has 1 heterocycles. The summed E-state index contributed by atoms with van der Waals surface area (Å²) in [5, 5.41) is 13.2. The van der Waals surface area contributed by atoms with Crippen LogP contribution in [-0.4, -0.2) is 27.7 Å². The lowest BCUT2D eigenvalue weighted by Crippen LogP contribution is -2.23. The molecule has 0 fully saturated rings. The molecule has 0 saturated carbocycles. The van der Waals surface area contributed by atoms with E-state index in [-0.39, 0.29) is 24.4 Å². The molecule has 4 nitrogen and oxygen atoms in total. The zero-order valence-corrected chi connectivity index (χ0v) is 11.8. The minimum absolute atomic E-state index is 0.164. The maximum Gasteiger partial charge on any atom is 0.137 e. The number of fused-ring (bicyclic) bond motifs is 1. The maximum atomic E-state index is 13.4. The van der Waals surface area contributed by atoms with Gasteiger partial charge >= 0.3 is 0 Å². The number of rotatable bonds is 6. The molecule has 5 heteroatoms. The van der Waals surface area contributed by atoms with E-state index in [4.69, 9.17) is 5.11 Å². The van der Waals surface area contributed by atoms with Gasteiger partial charge in [-0.15, -0.1) is 0 Å². The minimum atomic E-state index is -0.299. The third-order valence-corrected chi connectivity index (χ3v) is 3.43. The first-order chi connectivity index (χ1) is 9.63. The first-order valence-electron chi connectivity index (χ1n) is 6.91. The van der Waals surface area contributed by atoms with E-state index < -0.39 is 0 Å². The van der Waals surface area contributed by atoms with Gasteiger partial charge in [0.15, 0.2) is 0 Å². The summed E-state index contributed by atoms with van der Waals surface area (Å²) in [5.74, 6) is 0.566. The fourth-order valence-electron chi connectivity index (χ4n) is 2.23. The number of aliphatic hydroxyl groups is 1. The number of benzene rings is 1. The van der Waals surface area contributed by atoms with E-state index in [1.807, 2.05) is 6.92 Å². The van der Waals surface area contributed by atoms with Crippen molar-refractivity contribution in [2.45, 2.75) is 32.7 Å². The molecule has 0 radical (unpaired) electrons. The van der Waals surface area contributed by atoms with Crippen LogP contribution in [0.2, 0.25) is 0 Å². The van der Waals surface area contributed by atoms with Gasteiger partial charge in [-0.3, -0.25) is 0 Å². The number of hydrogen-bond acceptors (Lipinski definition) is 4. The fraction of sp³-hybridized carbons (Fsp3) is 0.467. The van der Waals surface area contributed by atoms with Crippen molar-refractivity contribution in [3.63, 3.8) is 0 Å². The molecule has 0 aliphatic rings. The van der Waals surface area contributed by atoms with Gasteiger partial charge in [-0.25, -0.2) is 14.4 Å². The van der Waals surface area contributed by atoms with Crippen molar-refractivity contribution in [3.05, 3.63) is 30.3 Å². The zero-order valence-electron chi connectivity index (χ0n) is 11.8. The molecule has 0 aliphatic carbocycles. The quantitative estimate of drug-likeness (QED) is 0.852. The highest BCUT2D eigenvalue weighted by atomic mass is 19.1. The van der Waals surface area contributed by atoms with E-state index >= 15 is 0 Å². The molecule has 2 atom stereocenters. The van der Waals surface area contributed by atoms with Crippen LogP contribution in [0.3, 0.4) is 0 Å². The van der Waals surface area contributed by atoms with E-state index in [1.54, 1.807) is 6.07 Å². The van der Waals surface area contributed by atoms with Crippen LogP contribution in [0.15, 0.2) is 24.5 Å². The van der Waals surface area contributed by atoms with Crippen molar-refractivity contribution >= 4 is 16.7 Å². The SMILES string of the molecule is CC[C@@H](C[C@H](C)CO)Nc1ncnc2ccc(F)cc12. The van der Waals surface area contributed by atoms with Crippen LogP contribution in [0, 0.1) is 11.7 Å². The predicted octanol–water partition coefficient (Wildman–Crippen LogP) is 2.98. The number of nitrogens with zero attached hydrogens (tertiary/aromatic N) is 2. The number of halogens is 1. The molecule has 1 aromatic heterocycles. The van der Waals surface area contributed by atoms with Crippen molar-refractivity contribution in [2.24, 2.45) is 5.92 Å². The monoisotopic (exact) mass is 277 g/mol. The highest BCUT2D eigenvalue weighted by Crippen LogP contribution is 2.22. The van der Waals surface area contributed by atoms with Crippen molar-refractivity contribution in [1.82, 2.24) is 9.97 Å². The molecule has 0 amide bonds. The second kappa shape index (κ2) is 6.61. The zero-order chi connectivity index (χ0) is 14.5. The lowest BCUT2D eigenvalue weighted by Gasteiger charge is -2.21. The van der Waals surface area contributed by atoms with E-state index in [2.05, 4.69) is 22.2 Å². The molecule has 1 aromatic carbocycles. The smallest absolute Gasteiger partial charge is 0.137 e. The van der Waals surface area contributed by atoms with E-state index in [1.165, 1.54) is 18.5 Å². The lowest BCUT2D eigenvalue weighted by atomic mass is 10.0. The third-order valence-electron chi connectivity index (χ3n) is 3.43. The van der Waals surface area contributed by atoms with Crippen LogP contribution in [0.1, 0.15) is 26.7 Å². The molecule has 2 N–H and O–H groups in total. The van der Waals surface area contributed by atoms with Crippen LogP contribution in [0.5, 0.6) is 0 Å². The number of anilines is 1. The van der Waals surface area contributed by atoms with Gasteiger partial charge < -0.3 is 10.4 Å². The Morgan fingerprint density at radius 3 is 2.85 bits per heavy atom. The second-order valence-corrected chi connectivity index (χ2v) is 5.16. The number of aromatic nitrogens is 2. The Morgan fingerprint density at radius 2 is 2.15 bits per heavy atom. The van der Waals surface area contributed by atoms with Crippen LogP contribution < -0.4 is 5.32 Å². The molecular formula is C15H20FN3O. The van der Waals surface area contributed by atoms with Crippen LogP contribution in [0.4, 0.5) is 10.2 Å². The van der Waals surface area contributed by atoms with Gasteiger partial charge in [0.05, 0.1) is 5.52 Å². The average molecular weight is 277 g/mol. The Balaban J connectivity index is 2.25. The standard InChI is InChI=1S/C15H20FN3O/c1-3-12(6-10(2)8-20)19-15-13-7-11(16)4-5-14(13)17-9-18-15/h4-5,7,9-10,12,20H,3,6,8H2,1-2H3,(H,17,18,19)/t10-,12-/m0/s1. The molecule has 20 heavy (non-hydrogen) atoms. The third kappa shape index (κ3) is 3.42.